The number of aromatic nitrogens is 1. The van der Waals surface area contributed by atoms with Crippen molar-refractivity contribution < 1.29 is 13.2 Å². The third-order valence-corrected chi connectivity index (χ3v) is 4.21. The first kappa shape index (κ1) is 15.4. The summed E-state index contributed by atoms with van der Waals surface area (Å²) >= 11 is 6.06. The maximum atomic E-state index is 13.1. The van der Waals surface area contributed by atoms with E-state index >= 15 is 0 Å². The van der Waals surface area contributed by atoms with E-state index in [1.54, 1.807) is 18.2 Å². The molecule has 3 nitrogen and oxygen atoms in total. The fourth-order valence-corrected chi connectivity index (χ4v) is 2.87. The predicted molar refractivity (Wildman–Crippen MR) is 81.5 cm³/mol. The van der Waals surface area contributed by atoms with Gasteiger partial charge in [0.05, 0.1) is 10.5 Å². The zero-order valence-corrected chi connectivity index (χ0v) is 12.7. The highest BCUT2D eigenvalue weighted by molar-refractivity contribution is 6.35. The Hall–Kier alpha value is -1.53. The number of piperazine rings is 1. The molecule has 118 valence electrons. The summed E-state index contributed by atoms with van der Waals surface area (Å²) in [4.78, 5) is 7.84. The van der Waals surface area contributed by atoms with Crippen molar-refractivity contribution in [3.8, 4) is 0 Å². The van der Waals surface area contributed by atoms with E-state index in [2.05, 4.69) is 9.88 Å². The fraction of sp³-hybridized carbons (Fsp3) is 0.400. The second kappa shape index (κ2) is 5.59. The Bertz CT molecular complexity index is 694. The number of likely N-dealkylation sites (N-methyl/N-ethyl adjacent to an activating group) is 1. The molecule has 1 aromatic heterocycles. The summed E-state index contributed by atoms with van der Waals surface area (Å²) in [6.07, 6.45) is -4.49. The van der Waals surface area contributed by atoms with Gasteiger partial charge in [-0.25, -0.2) is 4.98 Å². The average molecular weight is 330 g/mol. The number of hydrogen-bond acceptors (Lipinski definition) is 3. The number of fused-ring (bicyclic) bond motifs is 1. The van der Waals surface area contributed by atoms with Gasteiger partial charge in [0, 0.05) is 37.3 Å². The van der Waals surface area contributed by atoms with E-state index in [0.29, 0.717) is 24.2 Å². The third kappa shape index (κ3) is 2.85. The maximum absolute atomic E-state index is 13.1. The van der Waals surface area contributed by atoms with E-state index < -0.39 is 11.9 Å². The van der Waals surface area contributed by atoms with Gasteiger partial charge in [-0.1, -0.05) is 23.7 Å². The highest BCUT2D eigenvalue weighted by atomic mass is 35.5. The molecule has 1 aliphatic rings. The van der Waals surface area contributed by atoms with Crippen LogP contribution < -0.4 is 4.90 Å². The molecule has 0 unspecified atom stereocenters. The van der Waals surface area contributed by atoms with Crippen LogP contribution in [0, 0.1) is 0 Å². The van der Waals surface area contributed by atoms with Crippen molar-refractivity contribution in [1.82, 2.24) is 9.88 Å². The molecule has 0 N–H and O–H groups in total. The smallest absolute Gasteiger partial charge is 0.368 e. The number of pyridine rings is 1. The minimum atomic E-state index is -4.49. The topological polar surface area (TPSA) is 19.4 Å². The second-order valence-electron chi connectivity index (χ2n) is 5.45. The number of nitrogens with zero attached hydrogens (tertiary/aromatic N) is 3. The van der Waals surface area contributed by atoms with Crippen molar-refractivity contribution >= 4 is 28.2 Å². The Morgan fingerprint density at radius 1 is 1.14 bits per heavy atom. The summed E-state index contributed by atoms with van der Waals surface area (Å²) in [5.74, 6) is 0. The van der Waals surface area contributed by atoms with Crippen LogP contribution in [0.4, 0.5) is 18.9 Å². The molecule has 0 bridgehead atoms. The van der Waals surface area contributed by atoms with Gasteiger partial charge in [0.25, 0.3) is 0 Å². The van der Waals surface area contributed by atoms with Gasteiger partial charge in [0.15, 0.2) is 0 Å². The summed E-state index contributed by atoms with van der Waals surface area (Å²) in [7, 11) is 2.00. The molecule has 0 radical (unpaired) electrons. The summed E-state index contributed by atoms with van der Waals surface area (Å²) in [5.41, 5.74) is -0.150. The Kier molecular flexibility index (Phi) is 3.91. The van der Waals surface area contributed by atoms with Crippen molar-refractivity contribution in [2.75, 3.05) is 38.1 Å². The molecule has 0 saturated carbocycles. The van der Waals surface area contributed by atoms with Crippen LogP contribution in [-0.4, -0.2) is 43.1 Å². The van der Waals surface area contributed by atoms with Crippen LogP contribution in [0.25, 0.3) is 10.9 Å². The molecule has 0 atom stereocenters. The average Bonchev–Trinajstić information content (AvgIpc) is 2.47. The highest BCUT2D eigenvalue weighted by Crippen LogP contribution is 2.36. The molecule has 22 heavy (non-hydrogen) atoms. The lowest BCUT2D eigenvalue weighted by Gasteiger charge is -2.35. The zero-order valence-electron chi connectivity index (χ0n) is 12.0. The number of rotatable bonds is 1. The molecule has 0 aliphatic carbocycles. The van der Waals surface area contributed by atoms with Crippen molar-refractivity contribution in [2.45, 2.75) is 6.18 Å². The van der Waals surface area contributed by atoms with E-state index in [0.717, 1.165) is 19.2 Å². The van der Waals surface area contributed by atoms with E-state index in [1.807, 2.05) is 11.9 Å². The molecular formula is C15H15ClF3N3. The molecule has 7 heteroatoms. The normalized spacial score (nSPS) is 17.2. The SMILES string of the molecule is CN1CCN(c2cc(C(F)(F)F)nc3c(Cl)cccc23)CC1. The largest absolute Gasteiger partial charge is 0.433 e. The summed E-state index contributed by atoms with van der Waals surface area (Å²) in [6.45, 7) is 2.98. The predicted octanol–water partition coefficient (Wildman–Crippen LogP) is 3.66. The first-order valence-corrected chi connectivity index (χ1v) is 7.34. The molecule has 1 fully saturated rings. The molecule has 3 rings (SSSR count). The van der Waals surface area contributed by atoms with Gasteiger partial charge in [-0.15, -0.1) is 0 Å². The van der Waals surface area contributed by atoms with Gasteiger partial charge in [0.1, 0.15) is 5.69 Å². The van der Waals surface area contributed by atoms with E-state index in [4.69, 9.17) is 11.6 Å². The lowest BCUT2D eigenvalue weighted by Crippen LogP contribution is -2.44. The molecule has 1 aromatic carbocycles. The lowest BCUT2D eigenvalue weighted by molar-refractivity contribution is -0.140. The molecule has 0 spiro atoms. The summed E-state index contributed by atoms with van der Waals surface area (Å²) in [6, 6.07) is 6.19. The Labute approximate surface area is 131 Å². The molecule has 2 aromatic rings. The Balaban J connectivity index is 2.16. The quantitative estimate of drug-likeness (QED) is 0.796. The van der Waals surface area contributed by atoms with Gasteiger partial charge in [0.2, 0.25) is 0 Å². The Morgan fingerprint density at radius 3 is 2.45 bits per heavy atom. The van der Waals surface area contributed by atoms with Crippen LogP contribution in [0.5, 0.6) is 0 Å². The van der Waals surface area contributed by atoms with Crippen molar-refractivity contribution in [3.63, 3.8) is 0 Å². The van der Waals surface area contributed by atoms with Gasteiger partial charge in [-0.05, 0) is 19.2 Å². The standard InChI is InChI=1S/C15H15ClF3N3/c1-21-5-7-22(8-6-21)12-9-13(15(17,18)19)20-14-10(12)3-2-4-11(14)16/h2-4,9H,5-8H2,1H3. The van der Waals surface area contributed by atoms with Crippen LogP contribution in [0.3, 0.4) is 0 Å². The first-order valence-electron chi connectivity index (χ1n) is 6.96. The van der Waals surface area contributed by atoms with Crippen LogP contribution in [0.2, 0.25) is 5.02 Å². The van der Waals surface area contributed by atoms with Gasteiger partial charge in [-0.2, -0.15) is 13.2 Å². The van der Waals surface area contributed by atoms with E-state index in [-0.39, 0.29) is 10.5 Å². The summed E-state index contributed by atoms with van der Waals surface area (Å²) < 4.78 is 39.4. The number of halogens is 4. The fourth-order valence-electron chi connectivity index (χ4n) is 2.65. The monoisotopic (exact) mass is 329 g/mol. The van der Waals surface area contributed by atoms with Crippen molar-refractivity contribution in [2.24, 2.45) is 0 Å². The van der Waals surface area contributed by atoms with Gasteiger partial charge < -0.3 is 9.80 Å². The third-order valence-electron chi connectivity index (χ3n) is 3.90. The Morgan fingerprint density at radius 2 is 1.82 bits per heavy atom. The number of benzene rings is 1. The zero-order chi connectivity index (χ0) is 15.9. The molecule has 2 heterocycles. The molecule has 0 amide bonds. The number of para-hydroxylation sites is 1. The maximum Gasteiger partial charge on any atom is 0.433 e. The molecule has 1 saturated heterocycles. The van der Waals surface area contributed by atoms with Crippen LogP contribution in [0.15, 0.2) is 24.3 Å². The van der Waals surface area contributed by atoms with E-state index in [9.17, 15) is 13.2 Å². The van der Waals surface area contributed by atoms with Gasteiger partial charge >= 0.3 is 6.18 Å². The summed E-state index contributed by atoms with van der Waals surface area (Å²) in [5, 5.41) is 0.893. The van der Waals surface area contributed by atoms with Crippen LogP contribution in [0.1, 0.15) is 5.69 Å². The minimum absolute atomic E-state index is 0.202. The van der Waals surface area contributed by atoms with Crippen molar-refractivity contribution in [3.05, 3.63) is 35.0 Å². The van der Waals surface area contributed by atoms with Crippen LogP contribution in [-0.2, 0) is 6.18 Å². The number of anilines is 1. The van der Waals surface area contributed by atoms with E-state index in [1.165, 1.54) is 0 Å². The molecule has 1 aliphatic heterocycles. The first-order chi connectivity index (χ1) is 10.4. The number of alkyl halides is 3. The number of hydrogen-bond donors (Lipinski definition) is 0. The van der Waals surface area contributed by atoms with Gasteiger partial charge in [-0.3, -0.25) is 0 Å². The minimum Gasteiger partial charge on any atom is -0.368 e. The van der Waals surface area contributed by atoms with Crippen LogP contribution >= 0.6 is 11.6 Å². The lowest BCUT2D eigenvalue weighted by atomic mass is 10.1. The second-order valence-corrected chi connectivity index (χ2v) is 5.86. The highest BCUT2D eigenvalue weighted by Gasteiger charge is 2.34. The van der Waals surface area contributed by atoms with Crippen molar-refractivity contribution in [1.29, 1.82) is 0 Å². The molecular weight excluding hydrogens is 315 g/mol.